The van der Waals surface area contributed by atoms with Crippen molar-refractivity contribution in [1.29, 1.82) is 0 Å². The molecule has 114 valence electrons. The number of hydrogen-bond donors (Lipinski definition) is 2. The maximum absolute atomic E-state index is 14.0. The van der Waals surface area contributed by atoms with Gasteiger partial charge in [-0.2, -0.15) is 0 Å². The van der Waals surface area contributed by atoms with Crippen LogP contribution in [0.25, 0.3) is 0 Å². The Labute approximate surface area is 121 Å². The Balaban J connectivity index is 2.65. The van der Waals surface area contributed by atoms with E-state index in [9.17, 15) is 9.50 Å². The Morgan fingerprint density at radius 2 is 2.00 bits per heavy atom. The highest BCUT2D eigenvalue weighted by molar-refractivity contribution is 5.30. The van der Waals surface area contributed by atoms with E-state index in [2.05, 4.69) is 19.2 Å². The molecular formula is C16H26FNO2. The Morgan fingerprint density at radius 3 is 2.50 bits per heavy atom. The zero-order chi connectivity index (χ0) is 15.3. The van der Waals surface area contributed by atoms with Crippen LogP contribution >= 0.6 is 0 Å². The van der Waals surface area contributed by atoms with Crippen LogP contribution in [0.4, 0.5) is 4.39 Å². The summed E-state index contributed by atoms with van der Waals surface area (Å²) in [5, 5.41) is 12.8. The molecule has 0 aliphatic heterocycles. The van der Waals surface area contributed by atoms with Crippen LogP contribution in [0.3, 0.4) is 0 Å². The van der Waals surface area contributed by atoms with Gasteiger partial charge in [0.05, 0.1) is 13.2 Å². The first-order chi connectivity index (χ1) is 9.25. The predicted octanol–water partition coefficient (Wildman–Crippen LogP) is 3.28. The van der Waals surface area contributed by atoms with E-state index in [1.54, 1.807) is 19.1 Å². The molecule has 0 aliphatic carbocycles. The van der Waals surface area contributed by atoms with Crippen molar-refractivity contribution in [2.24, 2.45) is 5.41 Å². The standard InChI is InChI=1S/C16H26FNO2/c1-11(19)9-16(3,4)10-18-12(2)14-7-6-13(20-5)8-15(14)17/h6-8,11-12,18-19H,9-10H2,1-5H3. The number of halogens is 1. The van der Waals surface area contributed by atoms with Crippen LogP contribution in [0.1, 0.15) is 45.7 Å². The maximum atomic E-state index is 14.0. The smallest absolute Gasteiger partial charge is 0.131 e. The van der Waals surface area contributed by atoms with Gasteiger partial charge in [0, 0.05) is 24.2 Å². The van der Waals surface area contributed by atoms with Gasteiger partial charge in [-0.25, -0.2) is 4.39 Å². The quantitative estimate of drug-likeness (QED) is 0.807. The van der Waals surface area contributed by atoms with Crippen molar-refractivity contribution in [2.75, 3.05) is 13.7 Å². The summed E-state index contributed by atoms with van der Waals surface area (Å²) in [5.74, 6) is 0.255. The average molecular weight is 283 g/mol. The molecule has 0 heterocycles. The second-order valence-corrected chi connectivity index (χ2v) is 6.21. The van der Waals surface area contributed by atoms with Gasteiger partial charge in [0.25, 0.3) is 0 Å². The first kappa shape index (κ1) is 16.9. The summed E-state index contributed by atoms with van der Waals surface area (Å²) in [6, 6.07) is 4.81. The first-order valence-electron chi connectivity index (χ1n) is 7.00. The third-order valence-electron chi connectivity index (χ3n) is 3.41. The van der Waals surface area contributed by atoms with E-state index in [4.69, 9.17) is 4.74 Å². The number of nitrogens with one attached hydrogen (secondary N) is 1. The summed E-state index contributed by atoms with van der Waals surface area (Å²) in [5.41, 5.74) is 0.587. The van der Waals surface area contributed by atoms with Crippen LogP contribution in [-0.4, -0.2) is 24.9 Å². The number of rotatable bonds is 7. The highest BCUT2D eigenvalue weighted by Gasteiger charge is 2.21. The van der Waals surface area contributed by atoms with E-state index in [-0.39, 0.29) is 23.4 Å². The number of aliphatic hydroxyl groups is 1. The molecule has 1 rings (SSSR count). The lowest BCUT2D eigenvalue weighted by Crippen LogP contribution is -2.33. The molecule has 3 nitrogen and oxygen atoms in total. The largest absolute Gasteiger partial charge is 0.497 e. The molecule has 20 heavy (non-hydrogen) atoms. The molecule has 0 saturated heterocycles. The number of aliphatic hydroxyl groups excluding tert-OH is 1. The molecule has 0 bridgehead atoms. The zero-order valence-electron chi connectivity index (χ0n) is 13.0. The van der Waals surface area contributed by atoms with E-state index in [1.165, 1.54) is 13.2 Å². The highest BCUT2D eigenvalue weighted by atomic mass is 19.1. The summed E-state index contributed by atoms with van der Waals surface area (Å²) in [6.45, 7) is 8.61. The van der Waals surface area contributed by atoms with E-state index >= 15 is 0 Å². The Kier molecular flexibility index (Phi) is 5.96. The van der Waals surface area contributed by atoms with Crippen LogP contribution in [-0.2, 0) is 0 Å². The first-order valence-corrected chi connectivity index (χ1v) is 7.00. The van der Waals surface area contributed by atoms with Crippen LogP contribution in [0.2, 0.25) is 0 Å². The van der Waals surface area contributed by atoms with E-state index in [0.29, 0.717) is 24.3 Å². The zero-order valence-corrected chi connectivity index (χ0v) is 13.0. The maximum Gasteiger partial charge on any atom is 0.131 e. The third-order valence-corrected chi connectivity index (χ3v) is 3.41. The summed E-state index contributed by atoms with van der Waals surface area (Å²) in [7, 11) is 1.52. The minimum absolute atomic E-state index is 0.0363. The number of benzene rings is 1. The van der Waals surface area contributed by atoms with Gasteiger partial charge >= 0.3 is 0 Å². The lowest BCUT2D eigenvalue weighted by atomic mass is 9.86. The molecule has 0 aliphatic rings. The molecule has 0 amide bonds. The fourth-order valence-electron chi connectivity index (χ4n) is 2.40. The Hall–Kier alpha value is -1.13. The van der Waals surface area contributed by atoms with Gasteiger partial charge in [0.1, 0.15) is 11.6 Å². The summed E-state index contributed by atoms with van der Waals surface area (Å²) >= 11 is 0. The van der Waals surface area contributed by atoms with Gasteiger partial charge in [-0.1, -0.05) is 19.9 Å². The molecule has 2 unspecified atom stereocenters. The molecule has 1 aromatic rings. The van der Waals surface area contributed by atoms with Crippen LogP contribution in [0.5, 0.6) is 5.75 Å². The van der Waals surface area contributed by atoms with Crippen LogP contribution in [0, 0.1) is 11.2 Å². The second-order valence-electron chi connectivity index (χ2n) is 6.21. The van der Waals surface area contributed by atoms with Crippen molar-refractivity contribution in [3.63, 3.8) is 0 Å². The van der Waals surface area contributed by atoms with Crippen LogP contribution in [0.15, 0.2) is 18.2 Å². The molecule has 0 aromatic heterocycles. The van der Waals surface area contributed by atoms with Gasteiger partial charge in [-0.15, -0.1) is 0 Å². The number of ether oxygens (including phenoxy) is 1. The van der Waals surface area contributed by atoms with Crippen molar-refractivity contribution in [2.45, 2.75) is 46.3 Å². The van der Waals surface area contributed by atoms with E-state index in [0.717, 1.165) is 0 Å². The molecule has 0 fully saturated rings. The Bertz CT molecular complexity index is 432. The minimum atomic E-state index is -0.333. The Morgan fingerprint density at radius 1 is 1.35 bits per heavy atom. The normalized spacial score (nSPS) is 14.9. The second kappa shape index (κ2) is 7.04. The predicted molar refractivity (Wildman–Crippen MR) is 79.4 cm³/mol. The van der Waals surface area contributed by atoms with Gasteiger partial charge in [0.15, 0.2) is 0 Å². The van der Waals surface area contributed by atoms with Gasteiger partial charge in [-0.3, -0.25) is 0 Å². The fraction of sp³-hybridized carbons (Fsp3) is 0.625. The molecular weight excluding hydrogens is 257 g/mol. The van der Waals surface area contributed by atoms with Crippen molar-refractivity contribution in [3.8, 4) is 5.75 Å². The SMILES string of the molecule is COc1ccc(C(C)NCC(C)(C)CC(C)O)c(F)c1. The lowest BCUT2D eigenvalue weighted by molar-refractivity contribution is 0.126. The molecule has 2 N–H and O–H groups in total. The minimum Gasteiger partial charge on any atom is -0.497 e. The molecule has 2 atom stereocenters. The fourth-order valence-corrected chi connectivity index (χ4v) is 2.40. The van der Waals surface area contributed by atoms with E-state index < -0.39 is 0 Å². The summed E-state index contributed by atoms with van der Waals surface area (Å²) < 4.78 is 19.0. The highest BCUT2D eigenvalue weighted by Crippen LogP contribution is 2.25. The monoisotopic (exact) mass is 283 g/mol. The molecule has 0 saturated carbocycles. The van der Waals surface area contributed by atoms with E-state index in [1.807, 2.05) is 6.92 Å². The lowest BCUT2D eigenvalue weighted by Gasteiger charge is -2.28. The molecule has 0 spiro atoms. The molecule has 1 aromatic carbocycles. The van der Waals surface area contributed by atoms with Gasteiger partial charge < -0.3 is 15.2 Å². The van der Waals surface area contributed by atoms with Crippen molar-refractivity contribution in [1.82, 2.24) is 5.32 Å². The number of hydrogen-bond acceptors (Lipinski definition) is 3. The average Bonchev–Trinajstić information content (AvgIpc) is 2.34. The summed E-state index contributed by atoms with van der Waals surface area (Å²) in [4.78, 5) is 0. The summed E-state index contributed by atoms with van der Waals surface area (Å²) in [6.07, 6.45) is 0.373. The van der Waals surface area contributed by atoms with Crippen molar-refractivity contribution < 1.29 is 14.2 Å². The molecule has 4 heteroatoms. The van der Waals surface area contributed by atoms with Crippen LogP contribution < -0.4 is 10.1 Å². The number of methoxy groups -OCH3 is 1. The molecule has 0 radical (unpaired) electrons. The van der Waals surface area contributed by atoms with Crippen molar-refractivity contribution >= 4 is 0 Å². The van der Waals surface area contributed by atoms with Crippen molar-refractivity contribution in [3.05, 3.63) is 29.6 Å². The topological polar surface area (TPSA) is 41.5 Å². The van der Waals surface area contributed by atoms with Gasteiger partial charge in [-0.05, 0) is 31.7 Å². The third kappa shape index (κ3) is 5.10. The van der Waals surface area contributed by atoms with Gasteiger partial charge in [0.2, 0.25) is 0 Å².